The first kappa shape index (κ1) is 14.4. The minimum atomic E-state index is 0.187. The fourth-order valence-corrected chi connectivity index (χ4v) is 4.30. The van der Waals surface area contributed by atoms with Gasteiger partial charge in [0.05, 0.1) is 5.69 Å². The van der Waals surface area contributed by atoms with E-state index in [0.717, 1.165) is 18.7 Å². The maximum absolute atomic E-state index is 7.83. The van der Waals surface area contributed by atoms with E-state index in [4.69, 9.17) is 11.1 Å². The predicted molar refractivity (Wildman–Crippen MR) is 89.2 cm³/mol. The molecule has 0 amide bonds. The van der Waals surface area contributed by atoms with Crippen molar-refractivity contribution in [2.45, 2.75) is 51.9 Å². The smallest absolute Gasteiger partial charge is 0.124 e. The van der Waals surface area contributed by atoms with Gasteiger partial charge in [-0.05, 0) is 49.7 Å². The normalized spacial score (nSPS) is 21.5. The highest BCUT2D eigenvalue weighted by Gasteiger charge is 2.36. The minimum Gasteiger partial charge on any atom is -0.384 e. The second kappa shape index (κ2) is 5.70. The molecule has 3 nitrogen and oxygen atoms in total. The maximum atomic E-state index is 7.83. The van der Waals surface area contributed by atoms with E-state index < -0.39 is 0 Å². The molecule has 0 bridgehead atoms. The highest BCUT2D eigenvalue weighted by Crippen LogP contribution is 2.45. The second-order valence-electron chi connectivity index (χ2n) is 6.93. The lowest BCUT2D eigenvalue weighted by molar-refractivity contribution is 0.144. The number of piperidine rings is 1. The highest BCUT2D eigenvalue weighted by atomic mass is 15.1. The average Bonchev–Trinajstić information content (AvgIpc) is 2.49. The molecule has 3 heteroatoms. The summed E-state index contributed by atoms with van der Waals surface area (Å²) in [4.78, 5) is 2.46. The van der Waals surface area contributed by atoms with Gasteiger partial charge < -0.3 is 10.6 Å². The molecule has 1 saturated carbocycles. The lowest BCUT2D eigenvalue weighted by atomic mass is 9.68. The molecule has 1 aliphatic heterocycles. The second-order valence-corrected chi connectivity index (χ2v) is 6.93. The Balaban J connectivity index is 1.79. The molecule has 2 aliphatic rings. The molecule has 1 aliphatic carbocycles. The first-order chi connectivity index (χ1) is 10.1. The molecule has 0 unspecified atom stereocenters. The fourth-order valence-electron chi connectivity index (χ4n) is 4.30. The zero-order valence-corrected chi connectivity index (χ0v) is 13.1. The Morgan fingerprint density at radius 2 is 1.76 bits per heavy atom. The first-order valence-electron chi connectivity index (χ1n) is 8.30. The summed E-state index contributed by atoms with van der Waals surface area (Å²) in [6.07, 6.45) is 9.73. The number of anilines is 1. The summed E-state index contributed by atoms with van der Waals surface area (Å²) in [5.41, 5.74) is 9.73. The summed E-state index contributed by atoms with van der Waals surface area (Å²) in [5, 5.41) is 7.83. The molecule has 3 rings (SSSR count). The molecule has 1 aromatic rings. The minimum absolute atomic E-state index is 0.187. The summed E-state index contributed by atoms with van der Waals surface area (Å²) >= 11 is 0. The van der Waals surface area contributed by atoms with Gasteiger partial charge in [0.15, 0.2) is 0 Å². The van der Waals surface area contributed by atoms with Crippen LogP contribution in [0.5, 0.6) is 0 Å². The van der Waals surface area contributed by atoms with Crippen LogP contribution in [0.25, 0.3) is 0 Å². The van der Waals surface area contributed by atoms with Crippen molar-refractivity contribution >= 4 is 11.5 Å². The lowest BCUT2D eigenvalue weighted by Crippen LogP contribution is -2.42. The van der Waals surface area contributed by atoms with Gasteiger partial charge in [0, 0.05) is 18.7 Å². The van der Waals surface area contributed by atoms with E-state index in [1.165, 1.54) is 56.2 Å². The van der Waals surface area contributed by atoms with Crippen molar-refractivity contribution in [2.24, 2.45) is 11.1 Å². The van der Waals surface area contributed by atoms with Crippen LogP contribution >= 0.6 is 0 Å². The average molecular weight is 285 g/mol. The Morgan fingerprint density at radius 1 is 1.10 bits per heavy atom. The van der Waals surface area contributed by atoms with E-state index in [1.54, 1.807) is 0 Å². The molecule has 1 spiro atoms. The molecule has 1 aromatic carbocycles. The Morgan fingerprint density at radius 3 is 2.38 bits per heavy atom. The maximum Gasteiger partial charge on any atom is 0.124 e. The monoisotopic (exact) mass is 285 g/mol. The number of rotatable bonds is 2. The zero-order chi connectivity index (χ0) is 14.9. The van der Waals surface area contributed by atoms with Crippen molar-refractivity contribution in [3.05, 3.63) is 29.3 Å². The summed E-state index contributed by atoms with van der Waals surface area (Å²) < 4.78 is 0. The molecule has 0 radical (unpaired) electrons. The molecule has 0 aromatic heterocycles. The van der Waals surface area contributed by atoms with E-state index in [9.17, 15) is 0 Å². The van der Waals surface area contributed by atoms with Gasteiger partial charge in [0.2, 0.25) is 0 Å². The molecule has 0 atom stereocenters. The summed E-state index contributed by atoms with van der Waals surface area (Å²) in [6.45, 7) is 4.36. The van der Waals surface area contributed by atoms with Gasteiger partial charge in [-0.2, -0.15) is 0 Å². The van der Waals surface area contributed by atoms with Crippen LogP contribution in [-0.4, -0.2) is 18.9 Å². The van der Waals surface area contributed by atoms with Crippen LogP contribution in [0.2, 0.25) is 0 Å². The van der Waals surface area contributed by atoms with Gasteiger partial charge in [-0.15, -0.1) is 0 Å². The van der Waals surface area contributed by atoms with Crippen molar-refractivity contribution < 1.29 is 0 Å². The quantitative estimate of drug-likeness (QED) is 0.641. The number of amidine groups is 1. The molecule has 3 N–H and O–H groups in total. The van der Waals surface area contributed by atoms with Gasteiger partial charge in [-0.1, -0.05) is 31.4 Å². The van der Waals surface area contributed by atoms with Gasteiger partial charge in [-0.3, -0.25) is 5.41 Å². The van der Waals surface area contributed by atoms with Crippen LogP contribution in [0.1, 0.15) is 56.1 Å². The number of nitrogens with one attached hydrogen (secondary N) is 1. The van der Waals surface area contributed by atoms with E-state index in [0.29, 0.717) is 5.41 Å². The number of nitrogens with zero attached hydrogens (tertiary/aromatic N) is 1. The van der Waals surface area contributed by atoms with E-state index >= 15 is 0 Å². The van der Waals surface area contributed by atoms with Crippen molar-refractivity contribution in [1.82, 2.24) is 0 Å². The molecule has 2 fully saturated rings. The third-order valence-corrected chi connectivity index (χ3v) is 5.58. The Bertz CT molecular complexity index is 519. The molecule has 21 heavy (non-hydrogen) atoms. The highest BCUT2D eigenvalue weighted by molar-refractivity contribution is 6.01. The summed E-state index contributed by atoms with van der Waals surface area (Å²) in [6, 6.07) is 6.12. The molecular weight excluding hydrogens is 258 g/mol. The van der Waals surface area contributed by atoms with Crippen LogP contribution < -0.4 is 10.6 Å². The van der Waals surface area contributed by atoms with Crippen molar-refractivity contribution in [1.29, 1.82) is 5.41 Å². The molecule has 114 valence electrons. The number of hydrogen-bond acceptors (Lipinski definition) is 2. The Labute approximate surface area is 128 Å². The zero-order valence-electron chi connectivity index (χ0n) is 13.1. The van der Waals surface area contributed by atoms with E-state index in [-0.39, 0.29) is 5.84 Å². The Hall–Kier alpha value is -1.51. The van der Waals surface area contributed by atoms with Crippen molar-refractivity contribution in [3.8, 4) is 0 Å². The fraction of sp³-hybridized carbons (Fsp3) is 0.611. The summed E-state index contributed by atoms with van der Waals surface area (Å²) in [5.74, 6) is 0.187. The summed E-state index contributed by atoms with van der Waals surface area (Å²) in [7, 11) is 0. The number of nitrogen functional groups attached to an aromatic ring is 1. The van der Waals surface area contributed by atoms with Crippen LogP contribution in [0, 0.1) is 17.7 Å². The van der Waals surface area contributed by atoms with Gasteiger partial charge in [0.25, 0.3) is 0 Å². The standard InChI is InChI=1S/C18H27N3/c1-14-6-5-7-15(17(19)20)16(14)21-12-10-18(11-13-21)8-3-2-4-9-18/h5-7H,2-4,8-13H2,1H3,(H3,19,20). The topological polar surface area (TPSA) is 53.1 Å². The van der Waals surface area contributed by atoms with Crippen LogP contribution in [0.15, 0.2) is 18.2 Å². The van der Waals surface area contributed by atoms with Gasteiger partial charge in [0.1, 0.15) is 5.84 Å². The number of nitrogens with two attached hydrogens (primary N) is 1. The largest absolute Gasteiger partial charge is 0.384 e. The van der Waals surface area contributed by atoms with E-state index in [2.05, 4.69) is 17.9 Å². The number of para-hydroxylation sites is 1. The SMILES string of the molecule is Cc1cccc(C(=N)N)c1N1CCC2(CCCCC2)CC1. The third-order valence-electron chi connectivity index (χ3n) is 5.58. The number of aryl methyl sites for hydroxylation is 1. The van der Waals surface area contributed by atoms with E-state index in [1.807, 2.05) is 12.1 Å². The first-order valence-corrected chi connectivity index (χ1v) is 8.30. The van der Waals surface area contributed by atoms with Crippen LogP contribution in [0.3, 0.4) is 0 Å². The van der Waals surface area contributed by atoms with Crippen LogP contribution in [0.4, 0.5) is 5.69 Å². The third kappa shape index (κ3) is 2.78. The number of hydrogen-bond donors (Lipinski definition) is 2. The molecule has 1 heterocycles. The molecular formula is C18H27N3. The van der Waals surface area contributed by atoms with Crippen LogP contribution in [-0.2, 0) is 0 Å². The van der Waals surface area contributed by atoms with Gasteiger partial charge >= 0.3 is 0 Å². The Kier molecular flexibility index (Phi) is 3.92. The molecule has 1 saturated heterocycles. The predicted octanol–water partition coefficient (Wildman–Crippen LogP) is 3.83. The van der Waals surface area contributed by atoms with Crippen molar-refractivity contribution in [2.75, 3.05) is 18.0 Å². The van der Waals surface area contributed by atoms with Gasteiger partial charge in [-0.25, -0.2) is 0 Å². The number of benzene rings is 1. The van der Waals surface area contributed by atoms with Crippen molar-refractivity contribution in [3.63, 3.8) is 0 Å². The lowest BCUT2D eigenvalue weighted by Gasteiger charge is -2.45.